The van der Waals surface area contributed by atoms with Gasteiger partial charge in [-0.1, -0.05) is 24.3 Å². The van der Waals surface area contributed by atoms with Crippen LogP contribution in [0.5, 0.6) is 5.75 Å². The third kappa shape index (κ3) is 2.77. The molecular weight excluding hydrogens is 351 g/mol. The van der Waals surface area contributed by atoms with E-state index in [0.29, 0.717) is 6.61 Å². The van der Waals surface area contributed by atoms with E-state index >= 15 is 0 Å². The van der Waals surface area contributed by atoms with E-state index < -0.39 is 0 Å². The number of fused-ring (bicyclic) bond motifs is 1. The Morgan fingerprint density at radius 3 is 2.74 bits per heavy atom. The van der Waals surface area contributed by atoms with Crippen LogP contribution in [0.25, 0.3) is 0 Å². The van der Waals surface area contributed by atoms with Crippen molar-refractivity contribution in [1.82, 2.24) is 0 Å². The number of hydrogen-bond acceptors (Lipinski definition) is 2. The Kier molecular flexibility index (Phi) is 3.75. The zero-order valence-corrected chi connectivity index (χ0v) is 12.6. The number of hydrogen-bond donors (Lipinski definition) is 1. The van der Waals surface area contributed by atoms with E-state index in [0.717, 1.165) is 29.7 Å². The molecule has 0 saturated carbocycles. The van der Waals surface area contributed by atoms with Crippen LogP contribution < -0.4 is 4.74 Å². The maximum Gasteiger partial charge on any atom is 0.123 e. The molecule has 2 aromatic rings. The van der Waals surface area contributed by atoms with E-state index in [9.17, 15) is 5.11 Å². The Morgan fingerprint density at radius 1 is 1.16 bits per heavy atom. The zero-order chi connectivity index (χ0) is 13.2. The molecule has 2 nitrogen and oxygen atoms in total. The van der Waals surface area contributed by atoms with Crippen LogP contribution in [0.4, 0.5) is 0 Å². The van der Waals surface area contributed by atoms with Crippen LogP contribution in [0.1, 0.15) is 29.2 Å². The van der Waals surface area contributed by atoms with Gasteiger partial charge in [0.1, 0.15) is 12.4 Å². The predicted molar refractivity (Wildman–Crippen MR) is 83.2 cm³/mol. The molecule has 3 heteroatoms. The highest BCUT2D eigenvalue weighted by Gasteiger charge is 2.23. The summed E-state index contributed by atoms with van der Waals surface area (Å²) in [5.74, 6) is 0.910. The Morgan fingerprint density at radius 2 is 1.95 bits per heavy atom. The van der Waals surface area contributed by atoms with E-state index in [-0.39, 0.29) is 6.10 Å². The van der Waals surface area contributed by atoms with Crippen LogP contribution in [0.3, 0.4) is 0 Å². The lowest BCUT2D eigenvalue weighted by Crippen LogP contribution is -1.99. The van der Waals surface area contributed by atoms with Crippen molar-refractivity contribution in [3.8, 4) is 5.75 Å². The summed E-state index contributed by atoms with van der Waals surface area (Å²) in [6.07, 6.45) is 1.38. The predicted octanol–water partition coefficient (Wildman–Crippen LogP) is 3.85. The maximum atomic E-state index is 9.87. The van der Waals surface area contributed by atoms with Crippen molar-refractivity contribution in [2.75, 3.05) is 0 Å². The van der Waals surface area contributed by atoms with E-state index in [1.807, 2.05) is 18.2 Å². The molecule has 1 N–H and O–H groups in total. The van der Waals surface area contributed by atoms with Gasteiger partial charge in [0.25, 0.3) is 0 Å². The van der Waals surface area contributed by atoms with Gasteiger partial charge in [0, 0.05) is 9.13 Å². The van der Waals surface area contributed by atoms with Crippen LogP contribution in [0.2, 0.25) is 0 Å². The smallest absolute Gasteiger partial charge is 0.123 e. The van der Waals surface area contributed by atoms with Gasteiger partial charge in [0.2, 0.25) is 0 Å². The Labute approximate surface area is 126 Å². The number of aliphatic hydroxyl groups excluding tert-OH is 1. The molecule has 0 spiro atoms. The van der Waals surface area contributed by atoms with Gasteiger partial charge >= 0.3 is 0 Å². The van der Waals surface area contributed by atoms with Gasteiger partial charge in [-0.05, 0) is 64.8 Å². The summed E-state index contributed by atoms with van der Waals surface area (Å²) in [6.45, 7) is 0.573. The van der Waals surface area contributed by atoms with E-state index in [4.69, 9.17) is 4.74 Å². The normalized spacial score (nSPS) is 17.3. The van der Waals surface area contributed by atoms with Crippen molar-refractivity contribution < 1.29 is 9.84 Å². The second-order valence-corrected chi connectivity index (χ2v) is 6.04. The summed E-state index contributed by atoms with van der Waals surface area (Å²) in [5.41, 5.74) is 3.36. The molecule has 0 bridgehead atoms. The van der Waals surface area contributed by atoms with Crippen molar-refractivity contribution in [2.45, 2.75) is 25.6 Å². The first kappa shape index (κ1) is 12.9. The molecule has 0 amide bonds. The summed E-state index contributed by atoms with van der Waals surface area (Å²) in [5, 5.41) is 9.87. The fourth-order valence-corrected chi connectivity index (χ4v) is 2.84. The fourth-order valence-electron chi connectivity index (χ4n) is 2.48. The molecule has 0 fully saturated rings. The number of benzene rings is 2. The van der Waals surface area contributed by atoms with Crippen molar-refractivity contribution >= 4 is 22.6 Å². The molecule has 1 unspecified atom stereocenters. The molecule has 0 aromatic heterocycles. The van der Waals surface area contributed by atoms with Gasteiger partial charge in [-0.2, -0.15) is 0 Å². The standard InChI is InChI=1S/C16H15IO2/c17-12-6-4-11(5-7-12)10-19-16-3-1-2-13-14(16)8-9-15(13)18/h1-7,15,18H,8-10H2. The fraction of sp³-hybridized carbons (Fsp3) is 0.250. The average molecular weight is 366 g/mol. The summed E-state index contributed by atoms with van der Waals surface area (Å²) < 4.78 is 7.14. The Balaban J connectivity index is 1.76. The number of ether oxygens (including phenoxy) is 1. The van der Waals surface area contributed by atoms with Gasteiger partial charge < -0.3 is 9.84 Å². The first-order chi connectivity index (χ1) is 9.24. The maximum absolute atomic E-state index is 9.87. The molecule has 1 atom stereocenters. The minimum absolute atomic E-state index is 0.322. The summed E-state index contributed by atoms with van der Waals surface area (Å²) >= 11 is 2.29. The number of rotatable bonds is 3. The van der Waals surface area contributed by atoms with Crippen LogP contribution >= 0.6 is 22.6 Å². The summed E-state index contributed by atoms with van der Waals surface area (Å²) in [4.78, 5) is 0. The van der Waals surface area contributed by atoms with Crippen molar-refractivity contribution in [3.63, 3.8) is 0 Å². The van der Waals surface area contributed by atoms with Crippen LogP contribution in [0, 0.1) is 3.57 Å². The molecule has 0 aliphatic heterocycles. The number of halogens is 1. The first-order valence-corrected chi connectivity index (χ1v) is 7.49. The molecule has 1 aliphatic carbocycles. The lowest BCUT2D eigenvalue weighted by molar-refractivity contribution is 0.180. The molecule has 98 valence electrons. The van der Waals surface area contributed by atoms with Crippen molar-refractivity contribution in [1.29, 1.82) is 0 Å². The Hall–Kier alpha value is -1.07. The quantitative estimate of drug-likeness (QED) is 0.837. The average Bonchev–Trinajstić information content (AvgIpc) is 2.81. The second kappa shape index (κ2) is 5.51. The largest absolute Gasteiger partial charge is 0.489 e. The third-order valence-corrected chi connectivity index (χ3v) is 4.22. The monoisotopic (exact) mass is 366 g/mol. The van der Waals surface area contributed by atoms with Gasteiger partial charge in [-0.25, -0.2) is 0 Å². The number of aliphatic hydroxyl groups is 1. The van der Waals surface area contributed by atoms with Crippen molar-refractivity contribution in [3.05, 3.63) is 62.7 Å². The van der Waals surface area contributed by atoms with E-state index in [1.54, 1.807) is 0 Å². The molecule has 19 heavy (non-hydrogen) atoms. The van der Waals surface area contributed by atoms with Crippen LogP contribution in [0.15, 0.2) is 42.5 Å². The van der Waals surface area contributed by atoms with Crippen molar-refractivity contribution in [2.24, 2.45) is 0 Å². The minimum Gasteiger partial charge on any atom is -0.489 e. The van der Waals surface area contributed by atoms with E-state index in [1.165, 1.54) is 9.13 Å². The topological polar surface area (TPSA) is 29.5 Å². The third-order valence-electron chi connectivity index (χ3n) is 3.50. The van der Waals surface area contributed by atoms with Gasteiger partial charge in [-0.15, -0.1) is 0 Å². The van der Waals surface area contributed by atoms with E-state index in [2.05, 4.69) is 46.9 Å². The lowest BCUT2D eigenvalue weighted by Gasteiger charge is -2.11. The molecule has 0 radical (unpaired) electrons. The molecule has 3 rings (SSSR count). The molecule has 0 heterocycles. The summed E-state index contributed by atoms with van der Waals surface area (Å²) in [7, 11) is 0. The highest BCUT2D eigenvalue weighted by Crippen LogP contribution is 2.36. The molecule has 0 saturated heterocycles. The van der Waals surface area contributed by atoms with Gasteiger partial charge in [0.15, 0.2) is 0 Å². The van der Waals surface area contributed by atoms with Crippen LogP contribution in [-0.2, 0) is 13.0 Å². The molecule has 2 aromatic carbocycles. The van der Waals surface area contributed by atoms with Crippen LogP contribution in [-0.4, -0.2) is 5.11 Å². The second-order valence-electron chi connectivity index (χ2n) is 4.79. The highest BCUT2D eigenvalue weighted by molar-refractivity contribution is 14.1. The molecule has 1 aliphatic rings. The van der Waals surface area contributed by atoms with Gasteiger partial charge in [-0.3, -0.25) is 0 Å². The lowest BCUT2D eigenvalue weighted by atomic mass is 10.1. The molecular formula is C16H15IO2. The van der Waals surface area contributed by atoms with Gasteiger partial charge in [0.05, 0.1) is 6.10 Å². The minimum atomic E-state index is -0.322. The first-order valence-electron chi connectivity index (χ1n) is 6.41. The summed E-state index contributed by atoms with van der Waals surface area (Å²) in [6, 6.07) is 14.3. The zero-order valence-electron chi connectivity index (χ0n) is 10.5. The Bertz CT molecular complexity index is 578. The SMILES string of the molecule is OC1CCc2c(OCc3ccc(I)cc3)cccc21. The highest BCUT2D eigenvalue weighted by atomic mass is 127.